The Hall–Kier alpha value is -2.00. The summed E-state index contributed by atoms with van der Waals surface area (Å²) in [5, 5.41) is 5.22. The van der Waals surface area contributed by atoms with Gasteiger partial charge in [-0.25, -0.2) is 0 Å². The molecule has 0 spiro atoms. The molecule has 0 bridgehead atoms. The SMILES string of the molecule is Cc1ccc(NCc2[nH]c3ccccc3c2Cl)c(C)n1. The summed E-state index contributed by atoms with van der Waals surface area (Å²) >= 11 is 6.40. The van der Waals surface area contributed by atoms with Gasteiger partial charge in [0.15, 0.2) is 0 Å². The van der Waals surface area contributed by atoms with Crippen LogP contribution in [0.2, 0.25) is 5.02 Å². The smallest absolute Gasteiger partial charge is 0.0710 e. The Morgan fingerprint density at radius 2 is 1.95 bits per heavy atom. The third-order valence-corrected chi connectivity index (χ3v) is 3.83. The minimum Gasteiger partial charge on any atom is -0.378 e. The highest BCUT2D eigenvalue weighted by atomic mass is 35.5. The van der Waals surface area contributed by atoms with Crippen LogP contribution in [0.25, 0.3) is 10.9 Å². The number of anilines is 1. The summed E-state index contributed by atoms with van der Waals surface area (Å²) in [5.74, 6) is 0. The number of rotatable bonds is 3. The normalized spacial score (nSPS) is 10.9. The number of pyridine rings is 1. The fraction of sp³-hybridized carbons (Fsp3) is 0.188. The first-order valence-corrected chi connectivity index (χ1v) is 6.96. The molecule has 0 fully saturated rings. The van der Waals surface area contributed by atoms with Crippen LogP contribution in [-0.2, 0) is 6.54 Å². The molecular weight excluding hydrogens is 270 g/mol. The predicted molar refractivity (Wildman–Crippen MR) is 84.3 cm³/mol. The first kappa shape index (κ1) is 13.0. The second-order valence-corrected chi connectivity index (χ2v) is 5.28. The first-order valence-electron chi connectivity index (χ1n) is 6.58. The van der Waals surface area contributed by atoms with Gasteiger partial charge in [-0.15, -0.1) is 0 Å². The Bertz CT molecular complexity index is 762. The van der Waals surface area contributed by atoms with Crippen molar-refractivity contribution in [3.63, 3.8) is 0 Å². The van der Waals surface area contributed by atoms with Crippen LogP contribution >= 0.6 is 11.6 Å². The van der Waals surface area contributed by atoms with E-state index in [2.05, 4.69) is 15.3 Å². The van der Waals surface area contributed by atoms with Gasteiger partial charge in [0.25, 0.3) is 0 Å². The summed E-state index contributed by atoms with van der Waals surface area (Å²) in [4.78, 5) is 7.80. The van der Waals surface area contributed by atoms with Gasteiger partial charge in [-0.1, -0.05) is 29.8 Å². The van der Waals surface area contributed by atoms with Crippen LogP contribution in [0.3, 0.4) is 0 Å². The maximum Gasteiger partial charge on any atom is 0.0710 e. The molecule has 0 radical (unpaired) electrons. The van der Waals surface area contributed by atoms with Gasteiger partial charge in [0, 0.05) is 16.6 Å². The molecule has 0 aliphatic rings. The predicted octanol–water partition coefficient (Wildman–Crippen LogP) is 4.45. The first-order chi connectivity index (χ1) is 9.65. The second kappa shape index (κ2) is 5.17. The number of benzene rings is 1. The standard InChI is InChI=1S/C16H16ClN3/c1-10-7-8-13(11(2)19-10)18-9-15-16(17)12-5-3-4-6-14(12)20-15/h3-8,18,20H,9H2,1-2H3. The van der Waals surface area contributed by atoms with E-state index in [0.717, 1.165) is 38.7 Å². The monoisotopic (exact) mass is 285 g/mol. The average molecular weight is 286 g/mol. The molecule has 0 aliphatic heterocycles. The Labute approximate surface area is 123 Å². The van der Waals surface area contributed by atoms with E-state index >= 15 is 0 Å². The number of hydrogen-bond donors (Lipinski definition) is 2. The Morgan fingerprint density at radius 1 is 1.15 bits per heavy atom. The molecule has 4 heteroatoms. The van der Waals surface area contributed by atoms with Gasteiger partial charge in [-0.05, 0) is 32.0 Å². The van der Waals surface area contributed by atoms with Crippen molar-refractivity contribution in [3.8, 4) is 0 Å². The summed E-state index contributed by atoms with van der Waals surface area (Å²) in [6.45, 7) is 4.65. The molecule has 3 aromatic rings. The van der Waals surface area contributed by atoms with Gasteiger partial charge in [0.2, 0.25) is 0 Å². The summed E-state index contributed by atoms with van der Waals surface area (Å²) in [7, 11) is 0. The molecule has 0 unspecified atom stereocenters. The molecule has 0 saturated carbocycles. The number of para-hydroxylation sites is 1. The number of H-pyrrole nitrogens is 1. The summed E-state index contributed by atoms with van der Waals surface area (Å²) in [5.41, 5.74) is 5.11. The van der Waals surface area contributed by atoms with Crippen LogP contribution in [0.15, 0.2) is 36.4 Å². The molecule has 0 aliphatic carbocycles. The quantitative estimate of drug-likeness (QED) is 0.746. The summed E-state index contributed by atoms with van der Waals surface area (Å²) < 4.78 is 0. The number of aromatic nitrogens is 2. The van der Waals surface area contributed by atoms with Crippen LogP contribution in [0.1, 0.15) is 17.1 Å². The van der Waals surface area contributed by atoms with Crippen molar-refractivity contribution in [1.29, 1.82) is 0 Å². The van der Waals surface area contributed by atoms with E-state index in [1.165, 1.54) is 0 Å². The number of nitrogens with zero attached hydrogens (tertiary/aromatic N) is 1. The van der Waals surface area contributed by atoms with Gasteiger partial charge in [0.05, 0.1) is 28.6 Å². The molecule has 2 N–H and O–H groups in total. The lowest BCUT2D eigenvalue weighted by atomic mass is 10.2. The topological polar surface area (TPSA) is 40.7 Å². The maximum atomic E-state index is 6.40. The highest BCUT2D eigenvalue weighted by molar-refractivity contribution is 6.36. The molecule has 3 rings (SSSR count). The molecule has 0 amide bonds. The van der Waals surface area contributed by atoms with Gasteiger partial charge >= 0.3 is 0 Å². The summed E-state index contributed by atoms with van der Waals surface area (Å²) in [6.07, 6.45) is 0. The van der Waals surface area contributed by atoms with E-state index < -0.39 is 0 Å². The molecule has 2 heterocycles. The molecule has 1 aromatic carbocycles. The third kappa shape index (κ3) is 2.37. The second-order valence-electron chi connectivity index (χ2n) is 4.90. The molecule has 2 aromatic heterocycles. The number of aryl methyl sites for hydroxylation is 2. The van der Waals surface area contributed by atoms with E-state index in [0.29, 0.717) is 6.54 Å². The van der Waals surface area contributed by atoms with Crippen molar-refractivity contribution in [2.24, 2.45) is 0 Å². The van der Waals surface area contributed by atoms with Crippen molar-refractivity contribution in [3.05, 3.63) is 58.5 Å². The van der Waals surface area contributed by atoms with Crippen molar-refractivity contribution in [2.75, 3.05) is 5.32 Å². The largest absolute Gasteiger partial charge is 0.378 e. The zero-order chi connectivity index (χ0) is 14.1. The number of aromatic amines is 1. The van der Waals surface area contributed by atoms with Gasteiger partial charge in [0.1, 0.15) is 0 Å². The number of halogens is 1. The van der Waals surface area contributed by atoms with Crippen molar-refractivity contribution >= 4 is 28.2 Å². The van der Waals surface area contributed by atoms with E-state index in [1.54, 1.807) is 0 Å². The van der Waals surface area contributed by atoms with Gasteiger partial charge in [-0.2, -0.15) is 0 Å². The number of hydrogen-bond acceptors (Lipinski definition) is 2. The fourth-order valence-corrected chi connectivity index (χ4v) is 2.62. The Kier molecular flexibility index (Phi) is 3.36. The minimum absolute atomic E-state index is 0.652. The highest BCUT2D eigenvalue weighted by Gasteiger charge is 2.09. The Balaban J connectivity index is 1.85. The van der Waals surface area contributed by atoms with Gasteiger partial charge < -0.3 is 10.3 Å². The van der Waals surface area contributed by atoms with E-state index in [1.807, 2.05) is 50.2 Å². The molecule has 0 saturated heterocycles. The highest BCUT2D eigenvalue weighted by Crippen LogP contribution is 2.27. The Morgan fingerprint density at radius 3 is 2.70 bits per heavy atom. The van der Waals surface area contributed by atoms with Crippen LogP contribution in [-0.4, -0.2) is 9.97 Å². The van der Waals surface area contributed by atoms with Crippen LogP contribution in [0, 0.1) is 13.8 Å². The van der Waals surface area contributed by atoms with Crippen molar-refractivity contribution < 1.29 is 0 Å². The van der Waals surface area contributed by atoms with Gasteiger partial charge in [-0.3, -0.25) is 4.98 Å². The van der Waals surface area contributed by atoms with E-state index in [9.17, 15) is 0 Å². The van der Waals surface area contributed by atoms with Crippen LogP contribution in [0.4, 0.5) is 5.69 Å². The molecule has 3 nitrogen and oxygen atoms in total. The zero-order valence-corrected chi connectivity index (χ0v) is 12.3. The minimum atomic E-state index is 0.652. The lowest BCUT2D eigenvalue weighted by Gasteiger charge is -2.08. The van der Waals surface area contributed by atoms with Crippen molar-refractivity contribution in [2.45, 2.75) is 20.4 Å². The fourth-order valence-electron chi connectivity index (χ4n) is 2.34. The van der Waals surface area contributed by atoms with Crippen molar-refractivity contribution in [1.82, 2.24) is 9.97 Å². The van der Waals surface area contributed by atoms with E-state index in [4.69, 9.17) is 11.6 Å². The number of nitrogens with one attached hydrogen (secondary N) is 2. The van der Waals surface area contributed by atoms with E-state index in [-0.39, 0.29) is 0 Å². The third-order valence-electron chi connectivity index (χ3n) is 3.39. The average Bonchev–Trinajstić information content (AvgIpc) is 2.75. The number of fused-ring (bicyclic) bond motifs is 1. The lowest BCUT2D eigenvalue weighted by Crippen LogP contribution is -2.03. The molecule has 102 valence electrons. The summed E-state index contributed by atoms with van der Waals surface area (Å²) in [6, 6.07) is 12.1. The molecular formula is C16H16ClN3. The van der Waals surface area contributed by atoms with Crippen LogP contribution in [0.5, 0.6) is 0 Å². The molecule has 20 heavy (non-hydrogen) atoms. The maximum absolute atomic E-state index is 6.40. The molecule has 0 atom stereocenters. The van der Waals surface area contributed by atoms with Crippen LogP contribution < -0.4 is 5.32 Å². The lowest BCUT2D eigenvalue weighted by molar-refractivity contribution is 1.05. The zero-order valence-electron chi connectivity index (χ0n) is 11.5.